The predicted molar refractivity (Wildman–Crippen MR) is 68.1 cm³/mol. The van der Waals surface area contributed by atoms with Crippen molar-refractivity contribution in [3.8, 4) is 0 Å². The van der Waals surface area contributed by atoms with Gasteiger partial charge >= 0.3 is 5.97 Å². The second-order valence-corrected chi connectivity index (χ2v) is 6.08. The average molecular weight is 299 g/mol. The fraction of sp³-hybridized carbons (Fsp3) is 0.333. The van der Waals surface area contributed by atoms with Crippen LogP contribution in [0, 0.1) is 0 Å². The average Bonchev–Trinajstić information content (AvgIpc) is 2.59. The SMILES string of the molecule is COCCCN1C(=O)c2ccc(C(=O)O)cc2S1(=O)=O. The van der Waals surface area contributed by atoms with E-state index in [-0.39, 0.29) is 22.6 Å². The molecule has 1 aromatic rings. The molecule has 1 aliphatic rings. The van der Waals surface area contributed by atoms with E-state index < -0.39 is 21.9 Å². The number of benzene rings is 1. The smallest absolute Gasteiger partial charge is 0.335 e. The van der Waals surface area contributed by atoms with Gasteiger partial charge in [0.1, 0.15) is 4.90 Å². The van der Waals surface area contributed by atoms with Crippen molar-refractivity contribution in [1.29, 1.82) is 0 Å². The van der Waals surface area contributed by atoms with Gasteiger partial charge in [-0.05, 0) is 24.6 Å². The molecule has 7 nitrogen and oxygen atoms in total. The Balaban J connectivity index is 2.40. The molecule has 0 spiro atoms. The zero-order valence-electron chi connectivity index (χ0n) is 10.7. The summed E-state index contributed by atoms with van der Waals surface area (Å²) in [5.41, 5.74) is -0.161. The zero-order valence-corrected chi connectivity index (χ0v) is 11.5. The van der Waals surface area contributed by atoms with Crippen LogP contribution in [-0.4, -0.2) is 50.0 Å². The minimum Gasteiger partial charge on any atom is -0.478 e. The summed E-state index contributed by atoms with van der Waals surface area (Å²) < 4.78 is 30.0. The molecule has 0 aromatic heterocycles. The molecule has 0 bridgehead atoms. The fourth-order valence-electron chi connectivity index (χ4n) is 1.98. The van der Waals surface area contributed by atoms with Crippen LogP contribution < -0.4 is 0 Å². The summed E-state index contributed by atoms with van der Waals surface area (Å²) in [4.78, 5) is 22.7. The first-order valence-corrected chi connectivity index (χ1v) is 7.27. The van der Waals surface area contributed by atoms with Gasteiger partial charge in [0.15, 0.2) is 0 Å². The standard InChI is InChI=1S/C12H13NO6S/c1-19-6-2-5-13-11(14)9-4-3-8(12(15)16)7-10(9)20(13,17)18/h3-4,7H,2,5-6H2,1H3,(H,15,16). The lowest BCUT2D eigenvalue weighted by Gasteiger charge is -2.14. The van der Waals surface area contributed by atoms with E-state index in [1.165, 1.54) is 19.2 Å². The number of rotatable bonds is 5. The van der Waals surface area contributed by atoms with Crippen LogP contribution in [-0.2, 0) is 14.8 Å². The molecule has 108 valence electrons. The van der Waals surface area contributed by atoms with E-state index >= 15 is 0 Å². The van der Waals surface area contributed by atoms with Gasteiger partial charge in [-0.25, -0.2) is 17.5 Å². The lowest BCUT2D eigenvalue weighted by atomic mass is 10.1. The summed E-state index contributed by atoms with van der Waals surface area (Å²) in [5.74, 6) is -1.87. The number of aromatic carboxylic acids is 1. The van der Waals surface area contributed by atoms with Gasteiger partial charge in [0.05, 0.1) is 11.1 Å². The van der Waals surface area contributed by atoms with E-state index in [0.29, 0.717) is 13.0 Å². The van der Waals surface area contributed by atoms with E-state index in [1.807, 2.05) is 0 Å². The molecule has 0 saturated carbocycles. The van der Waals surface area contributed by atoms with Gasteiger partial charge < -0.3 is 9.84 Å². The molecule has 0 radical (unpaired) electrons. The number of carbonyl (C=O) groups excluding carboxylic acids is 1. The van der Waals surface area contributed by atoms with Crippen LogP contribution in [0.15, 0.2) is 23.1 Å². The highest BCUT2D eigenvalue weighted by Gasteiger charge is 2.41. The summed E-state index contributed by atoms with van der Waals surface area (Å²) >= 11 is 0. The number of carbonyl (C=O) groups is 2. The van der Waals surface area contributed by atoms with E-state index in [2.05, 4.69) is 0 Å². The van der Waals surface area contributed by atoms with Crippen molar-refractivity contribution in [3.63, 3.8) is 0 Å². The molecule has 0 fully saturated rings. The van der Waals surface area contributed by atoms with Crippen LogP contribution in [0.3, 0.4) is 0 Å². The summed E-state index contributed by atoms with van der Waals surface area (Å²) in [6, 6.07) is 3.46. The number of carboxylic acids is 1. The Morgan fingerprint density at radius 2 is 2.10 bits per heavy atom. The van der Waals surface area contributed by atoms with Gasteiger partial charge in [-0.2, -0.15) is 0 Å². The Hall–Kier alpha value is -1.93. The van der Waals surface area contributed by atoms with Crippen LogP contribution in [0.25, 0.3) is 0 Å². The van der Waals surface area contributed by atoms with E-state index in [4.69, 9.17) is 9.84 Å². The molecule has 1 amide bonds. The molecule has 20 heavy (non-hydrogen) atoms. The quantitative estimate of drug-likeness (QED) is 0.797. The number of hydrogen-bond donors (Lipinski definition) is 1. The van der Waals surface area contributed by atoms with Crippen LogP contribution in [0.5, 0.6) is 0 Å². The van der Waals surface area contributed by atoms with Crippen LogP contribution in [0.1, 0.15) is 27.1 Å². The Bertz CT molecular complexity index is 667. The van der Waals surface area contributed by atoms with Crippen molar-refractivity contribution >= 4 is 21.9 Å². The minimum atomic E-state index is -3.97. The molecule has 8 heteroatoms. The molecule has 0 aliphatic carbocycles. The highest BCUT2D eigenvalue weighted by molar-refractivity contribution is 7.90. The number of fused-ring (bicyclic) bond motifs is 1. The second-order valence-electron chi connectivity index (χ2n) is 4.24. The molecular weight excluding hydrogens is 286 g/mol. The maximum absolute atomic E-state index is 12.2. The van der Waals surface area contributed by atoms with Crippen molar-refractivity contribution in [2.75, 3.05) is 20.3 Å². The van der Waals surface area contributed by atoms with E-state index in [9.17, 15) is 18.0 Å². The minimum absolute atomic E-state index is 0.00604. The molecule has 0 atom stereocenters. The third-order valence-electron chi connectivity index (χ3n) is 2.96. The molecule has 0 unspecified atom stereocenters. The molecule has 1 heterocycles. The van der Waals surface area contributed by atoms with Crippen molar-refractivity contribution in [3.05, 3.63) is 29.3 Å². The number of carboxylic acid groups (broad SMARTS) is 1. The van der Waals surface area contributed by atoms with Gasteiger partial charge in [0.2, 0.25) is 0 Å². The molecule has 2 rings (SSSR count). The maximum atomic E-state index is 12.2. The summed E-state index contributed by atoms with van der Waals surface area (Å²) in [6.07, 6.45) is 0.376. The van der Waals surface area contributed by atoms with E-state index in [0.717, 1.165) is 10.4 Å². The first-order chi connectivity index (χ1) is 9.39. The lowest BCUT2D eigenvalue weighted by molar-refractivity contribution is 0.0695. The van der Waals surface area contributed by atoms with Crippen LogP contribution >= 0.6 is 0 Å². The highest BCUT2D eigenvalue weighted by Crippen LogP contribution is 2.31. The third-order valence-corrected chi connectivity index (χ3v) is 4.79. The van der Waals surface area contributed by atoms with Gasteiger partial charge in [-0.3, -0.25) is 4.79 Å². The number of hydrogen-bond acceptors (Lipinski definition) is 5. The van der Waals surface area contributed by atoms with Crippen LogP contribution in [0.4, 0.5) is 0 Å². The molecule has 1 N–H and O–H groups in total. The van der Waals surface area contributed by atoms with E-state index in [1.54, 1.807) is 0 Å². The van der Waals surface area contributed by atoms with Gasteiger partial charge in [0.25, 0.3) is 15.9 Å². The van der Waals surface area contributed by atoms with Crippen molar-refractivity contribution < 1.29 is 27.9 Å². The Morgan fingerprint density at radius 1 is 1.40 bits per heavy atom. The monoisotopic (exact) mass is 299 g/mol. The topological polar surface area (TPSA) is 101 Å². The Morgan fingerprint density at radius 3 is 2.70 bits per heavy atom. The number of methoxy groups -OCH3 is 1. The fourth-order valence-corrected chi connectivity index (χ4v) is 3.61. The molecule has 0 saturated heterocycles. The molecular formula is C12H13NO6S. The number of ether oxygens (including phenoxy) is 1. The summed E-state index contributed by atoms with van der Waals surface area (Å²) in [5, 5.41) is 8.88. The maximum Gasteiger partial charge on any atom is 0.335 e. The lowest BCUT2D eigenvalue weighted by Crippen LogP contribution is -2.31. The zero-order chi connectivity index (χ0) is 14.9. The second kappa shape index (κ2) is 5.22. The first-order valence-electron chi connectivity index (χ1n) is 5.83. The van der Waals surface area contributed by atoms with Crippen LogP contribution in [0.2, 0.25) is 0 Å². The number of amides is 1. The number of nitrogens with zero attached hydrogens (tertiary/aromatic N) is 1. The van der Waals surface area contributed by atoms with Gasteiger partial charge in [0, 0.05) is 20.3 Å². The number of sulfonamides is 1. The van der Waals surface area contributed by atoms with Crippen molar-refractivity contribution in [2.45, 2.75) is 11.3 Å². The largest absolute Gasteiger partial charge is 0.478 e. The molecule has 1 aliphatic heterocycles. The van der Waals surface area contributed by atoms with Gasteiger partial charge in [-0.15, -0.1) is 0 Å². The van der Waals surface area contributed by atoms with Crippen molar-refractivity contribution in [1.82, 2.24) is 4.31 Å². The summed E-state index contributed by atoms with van der Waals surface area (Å²) in [6.45, 7) is 0.335. The highest BCUT2D eigenvalue weighted by atomic mass is 32.2. The van der Waals surface area contributed by atoms with Gasteiger partial charge in [-0.1, -0.05) is 0 Å². The third kappa shape index (κ3) is 2.27. The Labute approximate surface area is 115 Å². The van der Waals surface area contributed by atoms with Crippen molar-refractivity contribution in [2.24, 2.45) is 0 Å². The Kier molecular flexibility index (Phi) is 3.78. The summed E-state index contributed by atoms with van der Waals surface area (Å²) in [7, 11) is -2.49. The predicted octanol–water partition coefficient (Wildman–Crippen LogP) is 0.566. The molecule has 1 aromatic carbocycles. The normalized spacial score (nSPS) is 16.2. The first kappa shape index (κ1) is 14.5.